The van der Waals surface area contributed by atoms with Gasteiger partial charge in [-0.2, -0.15) is 5.10 Å². The van der Waals surface area contributed by atoms with Crippen LogP contribution in [0.2, 0.25) is 0 Å². The van der Waals surface area contributed by atoms with Crippen molar-refractivity contribution in [2.75, 3.05) is 7.11 Å². The fourth-order valence-corrected chi connectivity index (χ4v) is 2.95. The lowest BCUT2D eigenvalue weighted by Gasteiger charge is -2.11. The van der Waals surface area contributed by atoms with Gasteiger partial charge in [0.25, 0.3) is 0 Å². The summed E-state index contributed by atoms with van der Waals surface area (Å²) in [7, 11) is 1.57. The Morgan fingerprint density at radius 2 is 2.16 bits per heavy atom. The number of fused-ring (bicyclic) bond motifs is 1. The summed E-state index contributed by atoms with van der Waals surface area (Å²) in [5, 5.41) is 14.5. The molecule has 1 heterocycles. The molecule has 0 amide bonds. The van der Waals surface area contributed by atoms with Crippen molar-refractivity contribution < 1.29 is 14.6 Å². The van der Waals surface area contributed by atoms with Crippen LogP contribution in [0.5, 0.6) is 5.75 Å². The molecule has 3 aromatic rings. The van der Waals surface area contributed by atoms with Crippen molar-refractivity contribution in [1.29, 1.82) is 0 Å². The summed E-state index contributed by atoms with van der Waals surface area (Å²) in [5.74, 6) is -0.237. The second-order valence-corrected chi connectivity index (χ2v) is 5.73. The Bertz CT molecular complexity index is 999. The Kier molecular flexibility index (Phi) is 4.40. The van der Waals surface area contributed by atoms with Gasteiger partial charge >= 0.3 is 5.97 Å². The minimum absolute atomic E-state index is 0.0396. The molecule has 0 atom stereocenters. The number of aryl methyl sites for hydroxylation is 1. The molecule has 0 aliphatic carbocycles. The molecule has 0 aliphatic rings. The largest absolute Gasteiger partial charge is 0.498 e. The average molecular weight is 335 g/mol. The number of benzene rings is 2. The number of nitrogens with zero attached hydrogens (tertiary/aromatic N) is 3. The van der Waals surface area contributed by atoms with Crippen molar-refractivity contribution in [2.24, 2.45) is 0 Å². The second kappa shape index (κ2) is 6.65. The number of aromatic nitrogens is 2. The fraction of sp³-hybridized carbons (Fsp3) is 0.211. The van der Waals surface area contributed by atoms with Gasteiger partial charge in [0.2, 0.25) is 0 Å². The van der Waals surface area contributed by atoms with Crippen LogP contribution in [0.15, 0.2) is 36.4 Å². The summed E-state index contributed by atoms with van der Waals surface area (Å²) in [6.45, 7) is 9.66. The van der Waals surface area contributed by atoms with E-state index in [2.05, 4.69) is 9.94 Å². The molecular formula is C19H17N3O3. The van der Waals surface area contributed by atoms with E-state index in [0.29, 0.717) is 23.5 Å². The van der Waals surface area contributed by atoms with Crippen LogP contribution in [-0.2, 0) is 17.8 Å². The van der Waals surface area contributed by atoms with Gasteiger partial charge in [0.15, 0.2) is 5.69 Å². The summed E-state index contributed by atoms with van der Waals surface area (Å²) in [6, 6.07) is 10.9. The molecule has 6 nitrogen and oxygen atoms in total. The Morgan fingerprint density at radius 3 is 2.84 bits per heavy atom. The molecule has 25 heavy (non-hydrogen) atoms. The molecule has 1 N–H and O–H groups in total. The van der Waals surface area contributed by atoms with E-state index >= 15 is 0 Å². The van der Waals surface area contributed by atoms with E-state index in [1.165, 1.54) is 0 Å². The lowest BCUT2D eigenvalue weighted by atomic mass is 10.1. The van der Waals surface area contributed by atoms with E-state index in [9.17, 15) is 4.79 Å². The molecule has 0 saturated heterocycles. The van der Waals surface area contributed by atoms with Crippen LogP contribution in [0.25, 0.3) is 15.7 Å². The zero-order valence-electron chi connectivity index (χ0n) is 14.0. The number of carboxylic acid groups (broad SMARTS) is 1. The molecule has 0 unspecified atom stereocenters. The van der Waals surface area contributed by atoms with Gasteiger partial charge < -0.3 is 9.84 Å². The molecule has 6 heteroatoms. The van der Waals surface area contributed by atoms with Gasteiger partial charge in [-0.3, -0.25) is 9.48 Å². The van der Waals surface area contributed by atoms with E-state index in [4.69, 9.17) is 16.4 Å². The number of aliphatic carboxylic acids is 1. The zero-order valence-corrected chi connectivity index (χ0v) is 14.0. The molecule has 0 fully saturated rings. The summed E-state index contributed by atoms with van der Waals surface area (Å²) in [4.78, 5) is 14.6. The minimum Gasteiger partial charge on any atom is -0.498 e. The number of rotatable bonds is 5. The van der Waals surface area contributed by atoms with E-state index in [-0.39, 0.29) is 6.42 Å². The van der Waals surface area contributed by atoms with Crippen LogP contribution in [0.1, 0.15) is 16.8 Å². The van der Waals surface area contributed by atoms with Crippen molar-refractivity contribution in [2.45, 2.75) is 19.9 Å². The van der Waals surface area contributed by atoms with Crippen LogP contribution in [0.4, 0.5) is 5.69 Å². The van der Waals surface area contributed by atoms with Gasteiger partial charge in [-0.1, -0.05) is 24.3 Å². The maximum atomic E-state index is 11.0. The lowest BCUT2D eigenvalue weighted by Crippen LogP contribution is -2.05. The van der Waals surface area contributed by atoms with Crippen LogP contribution >= 0.6 is 0 Å². The first kappa shape index (κ1) is 16.5. The van der Waals surface area contributed by atoms with Crippen LogP contribution in [0, 0.1) is 13.5 Å². The standard InChI is InChI=1S/C19H17N3O3/c1-12-14-8-7-13(10-19(23)24)9-17(14)22(21-12)11-15-16(20-2)5-4-6-18(15)25-3/h4-9H,10-11H2,1,3H3,(H,23,24). The maximum Gasteiger partial charge on any atom is 0.307 e. The van der Waals surface area contributed by atoms with Gasteiger partial charge in [-0.25, -0.2) is 4.85 Å². The summed E-state index contributed by atoms with van der Waals surface area (Å²) >= 11 is 0. The van der Waals surface area contributed by atoms with Gasteiger partial charge in [0, 0.05) is 10.9 Å². The third-order valence-electron chi connectivity index (χ3n) is 4.11. The van der Waals surface area contributed by atoms with Crippen LogP contribution in [0.3, 0.4) is 0 Å². The Morgan fingerprint density at radius 1 is 1.36 bits per heavy atom. The highest BCUT2D eigenvalue weighted by Crippen LogP contribution is 2.31. The Balaban J connectivity index is 2.11. The van der Waals surface area contributed by atoms with E-state index in [1.54, 1.807) is 23.9 Å². The van der Waals surface area contributed by atoms with Crippen molar-refractivity contribution >= 4 is 22.6 Å². The molecule has 2 aromatic carbocycles. The van der Waals surface area contributed by atoms with Crippen molar-refractivity contribution in [1.82, 2.24) is 9.78 Å². The number of hydrogen-bond acceptors (Lipinski definition) is 3. The van der Waals surface area contributed by atoms with Crippen LogP contribution < -0.4 is 4.74 Å². The topological polar surface area (TPSA) is 68.7 Å². The number of hydrogen-bond donors (Lipinski definition) is 1. The first-order valence-corrected chi connectivity index (χ1v) is 7.74. The first-order chi connectivity index (χ1) is 12.0. The molecule has 3 rings (SSSR count). The van der Waals surface area contributed by atoms with Gasteiger partial charge in [0.05, 0.1) is 37.9 Å². The van der Waals surface area contributed by atoms with Crippen LogP contribution in [-0.4, -0.2) is 28.0 Å². The van der Waals surface area contributed by atoms with Gasteiger partial charge in [0.1, 0.15) is 5.75 Å². The van der Waals surface area contributed by atoms with E-state index < -0.39 is 5.97 Å². The zero-order chi connectivity index (χ0) is 18.0. The number of ether oxygens (including phenoxy) is 1. The smallest absolute Gasteiger partial charge is 0.307 e. The predicted octanol–water partition coefficient (Wildman–Crippen LogP) is 3.58. The molecular weight excluding hydrogens is 318 g/mol. The van der Waals surface area contributed by atoms with Crippen molar-refractivity contribution in [3.63, 3.8) is 0 Å². The first-order valence-electron chi connectivity index (χ1n) is 7.74. The monoisotopic (exact) mass is 335 g/mol. The highest BCUT2D eigenvalue weighted by Gasteiger charge is 2.14. The predicted molar refractivity (Wildman–Crippen MR) is 94.2 cm³/mol. The van der Waals surface area contributed by atoms with Crippen molar-refractivity contribution in [3.8, 4) is 5.75 Å². The average Bonchev–Trinajstić information content (AvgIpc) is 2.90. The second-order valence-electron chi connectivity index (χ2n) is 5.73. The highest BCUT2D eigenvalue weighted by molar-refractivity contribution is 5.84. The highest BCUT2D eigenvalue weighted by atomic mass is 16.5. The molecule has 0 bridgehead atoms. The molecule has 0 saturated carbocycles. The lowest BCUT2D eigenvalue weighted by molar-refractivity contribution is -0.136. The summed E-state index contributed by atoms with van der Waals surface area (Å²) in [6.07, 6.45) is -0.0396. The molecule has 126 valence electrons. The van der Waals surface area contributed by atoms with E-state index in [0.717, 1.165) is 22.2 Å². The number of carbonyl (C=O) groups is 1. The SMILES string of the molecule is [C-]#[N+]c1cccc(OC)c1Cn1nc(C)c2ccc(CC(=O)O)cc21. The fourth-order valence-electron chi connectivity index (χ4n) is 2.95. The maximum absolute atomic E-state index is 11.0. The number of methoxy groups -OCH3 is 1. The van der Waals surface area contributed by atoms with E-state index in [1.807, 2.05) is 31.2 Å². The molecule has 1 aromatic heterocycles. The minimum atomic E-state index is -0.873. The van der Waals surface area contributed by atoms with Gasteiger partial charge in [-0.15, -0.1) is 0 Å². The third kappa shape index (κ3) is 3.17. The normalized spacial score (nSPS) is 10.6. The van der Waals surface area contributed by atoms with Gasteiger partial charge in [-0.05, 0) is 24.6 Å². The summed E-state index contributed by atoms with van der Waals surface area (Å²) < 4.78 is 7.19. The Hall–Kier alpha value is -3.33. The van der Waals surface area contributed by atoms with Crippen molar-refractivity contribution in [3.05, 3.63) is 64.6 Å². The summed E-state index contributed by atoms with van der Waals surface area (Å²) in [5.41, 5.74) is 3.69. The molecule has 0 aliphatic heterocycles. The number of carboxylic acids is 1. The Labute approximate surface area is 145 Å². The quantitative estimate of drug-likeness (QED) is 0.724. The molecule has 0 spiro atoms. The molecule has 0 radical (unpaired) electrons. The third-order valence-corrected chi connectivity index (χ3v) is 4.11.